The average Bonchev–Trinajstić information content (AvgIpc) is 2.84. The minimum atomic E-state index is -0.366. The largest absolute Gasteiger partial charge is 0.333 e. The van der Waals surface area contributed by atoms with Gasteiger partial charge in [-0.1, -0.05) is 60.7 Å². The Hall–Kier alpha value is -3.73. The van der Waals surface area contributed by atoms with Gasteiger partial charge in [0.05, 0.1) is 22.6 Å². The third kappa shape index (κ3) is 4.58. The Labute approximate surface area is 194 Å². The summed E-state index contributed by atoms with van der Waals surface area (Å²) >= 11 is 0. The van der Waals surface area contributed by atoms with Gasteiger partial charge in [-0.25, -0.2) is 4.98 Å². The van der Waals surface area contributed by atoms with Crippen LogP contribution in [0, 0.1) is 6.92 Å². The zero-order chi connectivity index (χ0) is 23.4. The van der Waals surface area contributed by atoms with E-state index in [1.54, 1.807) is 10.6 Å². The van der Waals surface area contributed by atoms with Gasteiger partial charge >= 0.3 is 0 Å². The molecular formula is C28H29N3O2. The lowest BCUT2D eigenvalue weighted by Crippen LogP contribution is -2.37. The summed E-state index contributed by atoms with van der Waals surface area (Å²) in [6.45, 7) is 6.43. The minimum Gasteiger partial charge on any atom is -0.333 e. The Bertz CT molecular complexity index is 1330. The molecule has 3 aromatic carbocycles. The molecule has 1 atom stereocenters. The molecule has 0 aliphatic heterocycles. The number of aryl methyl sites for hydroxylation is 2. The van der Waals surface area contributed by atoms with Crippen molar-refractivity contribution in [2.75, 3.05) is 6.54 Å². The van der Waals surface area contributed by atoms with Crippen molar-refractivity contribution in [1.29, 1.82) is 0 Å². The Balaban J connectivity index is 1.77. The number of rotatable bonds is 7. The van der Waals surface area contributed by atoms with E-state index in [2.05, 4.69) is 0 Å². The molecule has 0 bridgehead atoms. The van der Waals surface area contributed by atoms with E-state index in [0.717, 1.165) is 16.8 Å². The molecule has 1 amide bonds. The summed E-state index contributed by atoms with van der Waals surface area (Å²) in [5, 5.41) is 0.565. The number of aromatic nitrogens is 2. The number of carbonyl (C=O) groups is 1. The van der Waals surface area contributed by atoms with E-state index in [-0.39, 0.29) is 17.5 Å². The molecule has 0 saturated carbocycles. The maximum atomic E-state index is 13.6. The van der Waals surface area contributed by atoms with E-state index in [1.807, 2.05) is 98.5 Å². The quantitative estimate of drug-likeness (QED) is 0.396. The molecule has 0 spiro atoms. The van der Waals surface area contributed by atoms with Crippen LogP contribution in [0.3, 0.4) is 0 Å². The SMILES string of the molecule is CCN(C(=O)CCc1ccccc1)C(C)c1nc2ccccc2c(=O)n1-c1ccccc1C. The van der Waals surface area contributed by atoms with Crippen LogP contribution in [0.2, 0.25) is 0 Å². The second-order valence-electron chi connectivity index (χ2n) is 8.26. The average molecular weight is 440 g/mol. The van der Waals surface area contributed by atoms with Crippen LogP contribution < -0.4 is 5.56 Å². The van der Waals surface area contributed by atoms with Crippen LogP contribution in [0.4, 0.5) is 0 Å². The standard InChI is InChI=1S/C28H29N3O2/c1-4-30(26(32)19-18-22-13-6-5-7-14-22)21(3)27-29-24-16-10-9-15-23(24)28(33)31(27)25-17-11-8-12-20(25)2/h5-17,21H,4,18-19H2,1-3H3. The van der Waals surface area contributed by atoms with Crippen LogP contribution in [0.5, 0.6) is 0 Å². The molecule has 4 aromatic rings. The lowest BCUT2D eigenvalue weighted by atomic mass is 10.1. The lowest BCUT2D eigenvalue weighted by molar-refractivity contribution is -0.133. The summed E-state index contributed by atoms with van der Waals surface area (Å²) in [5.41, 5.74) is 3.42. The third-order valence-corrected chi connectivity index (χ3v) is 6.13. The molecule has 33 heavy (non-hydrogen) atoms. The van der Waals surface area contributed by atoms with Gasteiger partial charge in [0, 0.05) is 13.0 Å². The number of nitrogens with zero attached hydrogens (tertiary/aromatic N) is 3. The van der Waals surface area contributed by atoms with Gasteiger partial charge in [0.1, 0.15) is 5.82 Å². The van der Waals surface area contributed by atoms with E-state index in [9.17, 15) is 9.59 Å². The number of hydrogen-bond donors (Lipinski definition) is 0. The fourth-order valence-electron chi connectivity index (χ4n) is 4.32. The van der Waals surface area contributed by atoms with Crippen LogP contribution >= 0.6 is 0 Å². The van der Waals surface area contributed by atoms with Gasteiger partial charge in [-0.3, -0.25) is 14.2 Å². The first-order valence-corrected chi connectivity index (χ1v) is 11.4. The highest BCUT2D eigenvalue weighted by Gasteiger charge is 2.26. The van der Waals surface area contributed by atoms with Crippen LogP contribution in [0.1, 0.15) is 43.3 Å². The molecule has 1 heterocycles. The zero-order valence-electron chi connectivity index (χ0n) is 19.4. The molecule has 1 aromatic heterocycles. The fraction of sp³-hybridized carbons (Fsp3) is 0.250. The molecule has 0 fully saturated rings. The fourth-order valence-corrected chi connectivity index (χ4v) is 4.32. The van der Waals surface area contributed by atoms with Crippen LogP contribution in [-0.2, 0) is 11.2 Å². The maximum absolute atomic E-state index is 13.6. The lowest BCUT2D eigenvalue weighted by Gasteiger charge is -2.30. The number of benzene rings is 3. The molecule has 0 radical (unpaired) electrons. The van der Waals surface area contributed by atoms with E-state index in [1.165, 1.54) is 0 Å². The predicted molar refractivity (Wildman–Crippen MR) is 133 cm³/mol. The number of hydrogen-bond acceptors (Lipinski definition) is 3. The second-order valence-corrected chi connectivity index (χ2v) is 8.26. The van der Waals surface area contributed by atoms with Gasteiger partial charge < -0.3 is 4.90 Å². The molecule has 0 N–H and O–H groups in total. The van der Waals surface area contributed by atoms with Crippen LogP contribution in [-0.4, -0.2) is 26.9 Å². The monoisotopic (exact) mass is 439 g/mol. The molecule has 4 rings (SSSR count). The Morgan fingerprint density at radius 2 is 1.64 bits per heavy atom. The summed E-state index contributed by atoms with van der Waals surface area (Å²) < 4.78 is 1.68. The molecule has 1 unspecified atom stereocenters. The minimum absolute atomic E-state index is 0.0487. The summed E-state index contributed by atoms with van der Waals surface area (Å²) in [7, 11) is 0. The highest BCUT2D eigenvalue weighted by molar-refractivity contribution is 5.79. The van der Waals surface area contributed by atoms with E-state index < -0.39 is 0 Å². The summed E-state index contributed by atoms with van der Waals surface area (Å²) in [5.74, 6) is 0.621. The van der Waals surface area contributed by atoms with Crippen molar-refractivity contribution >= 4 is 16.8 Å². The Kier molecular flexibility index (Phi) is 6.68. The van der Waals surface area contributed by atoms with Crippen molar-refractivity contribution in [1.82, 2.24) is 14.5 Å². The first kappa shape index (κ1) is 22.5. The molecule has 0 aliphatic carbocycles. The van der Waals surface area contributed by atoms with Gasteiger partial charge in [0.25, 0.3) is 5.56 Å². The third-order valence-electron chi connectivity index (χ3n) is 6.13. The van der Waals surface area contributed by atoms with Crippen molar-refractivity contribution in [3.05, 3.63) is 106 Å². The smallest absolute Gasteiger partial charge is 0.266 e. The zero-order valence-corrected chi connectivity index (χ0v) is 19.4. The van der Waals surface area contributed by atoms with E-state index in [4.69, 9.17) is 4.98 Å². The Morgan fingerprint density at radius 3 is 2.36 bits per heavy atom. The van der Waals surface area contributed by atoms with Crippen molar-refractivity contribution < 1.29 is 4.79 Å². The van der Waals surface area contributed by atoms with Crippen molar-refractivity contribution in [3.63, 3.8) is 0 Å². The molecule has 168 valence electrons. The molecular weight excluding hydrogens is 410 g/mol. The molecule has 0 saturated heterocycles. The van der Waals surface area contributed by atoms with Gasteiger partial charge in [-0.2, -0.15) is 0 Å². The number of fused-ring (bicyclic) bond motifs is 1. The maximum Gasteiger partial charge on any atom is 0.266 e. The number of amides is 1. The van der Waals surface area contributed by atoms with Crippen molar-refractivity contribution in [2.45, 2.75) is 39.7 Å². The van der Waals surface area contributed by atoms with Gasteiger partial charge in [-0.05, 0) is 56.5 Å². The van der Waals surface area contributed by atoms with Crippen LogP contribution in [0.25, 0.3) is 16.6 Å². The molecule has 5 heteroatoms. The summed E-state index contributed by atoms with van der Waals surface area (Å²) in [4.78, 5) is 33.6. The summed E-state index contributed by atoms with van der Waals surface area (Å²) in [6.07, 6.45) is 1.09. The topological polar surface area (TPSA) is 55.2 Å². The van der Waals surface area contributed by atoms with E-state index >= 15 is 0 Å². The summed E-state index contributed by atoms with van der Waals surface area (Å²) in [6, 6.07) is 24.8. The first-order valence-electron chi connectivity index (χ1n) is 11.4. The first-order chi connectivity index (χ1) is 16.0. The molecule has 5 nitrogen and oxygen atoms in total. The van der Waals surface area contributed by atoms with Crippen LogP contribution in [0.15, 0.2) is 83.7 Å². The number of carbonyl (C=O) groups excluding carboxylic acids is 1. The Morgan fingerprint density at radius 1 is 0.970 bits per heavy atom. The van der Waals surface area contributed by atoms with Crippen molar-refractivity contribution in [3.8, 4) is 5.69 Å². The number of para-hydroxylation sites is 2. The second kappa shape index (κ2) is 9.82. The normalized spacial score (nSPS) is 12.0. The van der Waals surface area contributed by atoms with Crippen molar-refractivity contribution in [2.24, 2.45) is 0 Å². The highest BCUT2D eigenvalue weighted by Crippen LogP contribution is 2.25. The predicted octanol–water partition coefficient (Wildman–Crippen LogP) is 5.24. The van der Waals surface area contributed by atoms with Gasteiger partial charge in [0.15, 0.2) is 0 Å². The molecule has 0 aliphatic rings. The van der Waals surface area contributed by atoms with Gasteiger partial charge in [-0.15, -0.1) is 0 Å². The van der Waals surface area contributed by atoms with E-state index in [0.29, 0.717) is 36.1 Å². The van der Waals surface area contributed by atoms with Gasteiger partial charge in [0.2, 0.25) is 5.91 Å². The highest BCUT2D eigenvalue weighted by atomic mass is 16.2.